The molecule has 7 nitrogen and oxygen atoms in total. The van der Waals surface area contributed by atoms with E-state index in [1.807, 2.05) is 0 Å². The van der Waals surface area contributed by atoms with Crippen molar-refractivity contribution in [3.8, 4) is 0 Å². The van der Waals surface area contributed by atoms with Crippen LogP contribution in [0.1, 0.15) is 40.0 Å². The number of amides is 2. The van der Waals surface area contributed by atoms with E-state index in [9.17, 15) is 18.0 Å². The number of carboxylic acids is 1. The van der Waals surface area contributed by atoms with Gasteiger partial charge in [0.1, 0.15) is 0 Å². The summed E-state index contributed by atoms with van der Waals surface area (Å²) >= 11 is 0. The Kier molecular flexibility index (Phi) is 5.61. The van der Waals surface area contributed by atoms with Crippen molar-refractivity contribution in [3.05, 3.63) is 0 Å². The molecule has 0 radical (unpaired) electrons. The van der Waals surface area contributed by atoms with Crippen molar-refractivity contribution in [2.45, 2.75) is 50.8 Å². The van der Waals surface area contributed by atoms with E-state index in [4.69, 9.17) is 5.11 Å². The molecule has 122 valence electrons. The summed E-state index contributed by atoms with van der Waals surface area (Å²) < 4.78 is 23.4. The summed E-state index contributed by atoms with van der Waals surface area (Å²) in [5.74, 6) is -0.800. The van der Waals surface area contributed by atoms with Crippen molar-refractivity contribution in [2.24, 2.45) is 0 Å². The number of hydrogen-bond acceptors (Lipinski definition) is 4. The summed E-state index contributed by atoms with van der Waals surface area (Å²) in [7, 11) is -3.10. The predicted molar refractivity (Wildman–Crippen MR) is 78.9 cm³/mol. The minimum Gasteiger partial charge on any atom is -0.481 e. The molecule has 0 aliphatic carbocycles. The van der Waals surface area contributed by atoms with E-state index in [2.05, 4.69) is 5.32 Å². The van der Waals surface area contributed by atoms with E-state index in [0.29, 0.717) is 12.8 Å². The molecule has 1 atom stereocenters. The van der Waals surface area contributed by atoms with E-state index in [1.165, 1.54) is 4.90 Å². The van der Waals surface area contributed by atoms with Gasteiger partial charge in [-0.25, -0.2) is 13.2 Å². The Hall–Kier alpha value is -1.31. The van der Waals surface area contributed by atoms with Crippen LogP contribution in [-0.2, 0) is 14.6 Å². The zero-order valence-electron chi connectivity index (χ0n) is 12.8. The smallest absolute Gasteiger partial charge is 0.317 e. The van der Waals surface area contributed by atoms with Crippen molar-refractivity contribution >= 4 is 21.8 Å². The van der Waals surface area contributed by atoms with Gasteiger partial charge in [0.2, 0.25) is 0 Å². The third-order valence-electron chi connectivity index (χ3n) is 3.55. The van der Waals surface area contributed by atoms with Gasteiger partial charge in [-0.15, -0.1) is 0 Å². The molecule has 0 bridgehead atoms. The van der Waals surface area contributed by atoms with Crippen LogP contribution in [0.15, 0.2) is 0 Å². The van der Waals surface area contributed by atoms with Crippen molar-refractivity contribution in [1.29, 1.82) is 0 Å². The zero-order chi connectivity index (χ0) is 16.3. The lowest BCUT2D eigenvalue weighted by Crippen LogP contribution is -2.52. The van der Waals surface area contributed by atoms with Gasteiger partial charge in [0.05, 0.1) is 17.4 Å². The number of nitrogens with one attached hydrogen (secondary N) is 1. The van der Waals surface area contributed by atoms with E-state index in [-0.39, 0.29) is 25.3 Å². The Morgan fingerprint density at radius 1 is 1.33 bits per heavy atom. The predicted octanol–water partition coefficient (Wildman–Crippen LogP) is 0.848. The molecule has 8 heteroatoms. The first-order valence-electron chi connectivity index (χ1n) is 7.03. The van der Waals surface area contributed by atoms with Crippen LogP contribution in [0.4, 0.5) is 4.79 Å². The summed E-state index contributed by atoms with van der Waals surface area (Å²) in [5, 5.41) is 10.8. The fraction of sp³-hybridized carbons (Fsp3) is 0.846. The lowest BCUT2D eigenvalue weighted by atomic mass is 10.1. The highest BCUT2D eigenvalue weighted by atomic mass is 32.2. The van der Waals surface area contributed by atoms with Gasteiger partial charge in [-0.2, -0.15) is 0 Å². The van der Waals surface area contributed by atoms with Gasteiger partial charge in [-0.1, -0.05) is 0 Å². The fourth-order valence-electron chi connectivity index (χ4n) is 2.33. The standard InChI is InChI=1S/C13H24N2O5S/c1-13(2,3)15(7-6-11(16)17)12(18)14-9-10-5-4-8-21(10,19)20/h10H,4-9H2,1-3H3,(H,14,18)(H,16,17). The lowest BCUT2D eigenvalue weighted by molar-refractivity contribution is -0.137. The molecule has 1 aliphatic heterocycles. The highest BCUT2D eigenvalue weighted by Gasteiger charge is 2.33. The Bertz CT molecular complexity index is 495. The minimum absolute atomic E-state index is 0.0841. The van der Waals surface area contributed by atoms with Crippen LogP contribution in [0.5, 0.6) is 0 Å². The maximum atomic E-state index is 12.2. The first-order chi connectivity index (χ1) is 9.54. The lowest BCUT2D eigenvalue weighted by Gasteiger charge is -2.35. The van der Waals surface area contributed by atoms with Crippen molar-refractivity contribution < 1.29 is 23.1 Å². The van der Waals surface area contributed by atoms with Gasteiger partial charge >= 0.3 is 12.0 Å². The SMILES string of the molecule is CC(C)(C)N(CCC(=O)O)C(=O)NCC1CCCS1(=O)=O. The van der Waals surface area contributed by atoms with Crippen LogP contribution in [-0.4, -0.2) is 60.1 Å². The van der Waals surface area contributed by atoms with Gasteiger partial charge < -0.3 is 15.3 Å². The second kappa shape index (κ2) is 6.64. The Labute approximate surface area is 125 Å². The summed E-state index contributed by atoms with van der Waals surface area (Å²) in [6.07, 6.45) is 1.05. The van der Waals surface area contributed by atoms with Gasteiger partial charge in [-0.05, 0) is 33.6 Å². The third-order valence-corrected chi connectivity index (χ3v) is 5.82. The average molecular weight is 320 g/mol. The van der Waals surface area contributed by atoms with E-state index in [1.54, 1.807) is 20.8 Å². The van der Waals surface area contributed by atoms with Crippen LogP contribution < -0.4 is 5.32 Å². The molecule has 0 spiro atoms. The quantitative estimate of drug-likeness (QED) is 0.781. The number of carbonyl (C=O) groups excluding carboxylic acids is 1. The molecular weight excluding hydrogens is 296 g/mol. The Morgan fingerprint density at radius 3 is 2.38 bits per heavy atom. The largest absolute Gasteiger partial charge is 0.481 e. The highest BCUT2D eigenvalue weighted by Crippen LogP contribution is 2.19. The maximum Gasteiger partial charge on any atom is 0.317 e. The van der Waals surface area contributed by atoms with E-state index in [0.717, 1.165) is 0 Å². The topological polar surface area (TPSA) is 104 Å². The molecule has 0 aromatic heterocycles. The molecule has 21 heavy (non-hydrogen) atoms. The third kappa shape index (κ3) is 5.18. The second-order valence-electron chi connectivity index (χ2n) is 6.28. The molecule has 1 rings (SSSR count). The molecule has 2 N–H and O–H groups in total. The number of aliphatic carboxylic acids is 1. The molecule has 0 aromatic rings. The molecular formula is C13H24N2O5S. The number of hydrogen-bond donors (Lipinski definition) is 2. The Balaban J connectivity index is 2.62. The molecule has 1 unspecified atom stereocenters. The molecule has 2 amide bonds. The normalized spacial score (nSPS) is 21.0. The first kappa shape index (κ1) is 17.7. The van der Waals surface area contributed by atoms with Crippen LogP contribution >= 0.6 is 0 Å². The number of urea groups is 1. The fourth-order valence-corrected chi connectivity index (χ4v) is 4.10. The number of nitrogens with zero attached hydrogens (tertiary/aromatic N) is 1. The molecule has 1 heterocycles. The van der Waals surface area contributed by atoms with Crippen LogP contribution in [0.3, 0.4) is 0 Å². The van der Waals surface area contributed by atoms with E-state index < -0.39 is 32.6 Å². The second-order valence-corrected chi connectivity index (χ2v) is 8.68. The van der Waals surface area contributed by atoms with Gasteiger partial charge in [0.25, 0.3) is 0 Å². The number of rotatable bonds is 5. The molecule has 0 aromatic carbocycles. The van der Waals surface area contributed by atoms with Crippen molar-refractivity contribution in [1.82, 2.24) is 10.2 Å². The summed E-state index contributed by atoms with van der Waals surface area (Å²) in [6, 6.07) is -0.425. The van der Waals surface area contributed by atoms with Crippen LogP contribution in [0, 0.1) is 0 Å². The maximum absolute atomic E-state index is 12.2. The van der Waals surface area contributed by atoms with Crippen molar-refractivity contribution in [2.75, 3.05) is 18.8 Å². The molecule has 1 aliphatic rings. The van der Waals surface area contributed by atoms with Crippen LogP contribution in [0.25, 0.3) is 0 Å². The first-order valence-corrected chi connectivity index (χ1v) is 8.74. The number of carbonyl (C=O) groups is 2. The zero-order valence-corrected chi connectivity index (χ0v) is 13.6. The summed E-state index contributed by atoms with van der Waals surface area (Å²) in [4.78, 5) is 24.3. The van der Waals surface area contributed by atoms with Gasteiger partial charge in [0.15, 0.2) is 9.84 Å². The number of carboxylic acid groups (broad SMARTS) is 1. The summed E-state index contributed by atoms with van der Waals surface area (Å²) in [5.41, 5.74) is -0.534. The van der Waals surface area contributed by atoms with Gasteiger partial charge in [0, 0.05) is 18.6 Å². The van der Waals surface area contributed by atoms with Crippen LogP contribution in [0.2, 0.25) is 0 Å². The van der Waals surface area contributed by atoms with E-state index >= 15 is 0 Å². The average Bonchev–Trinajstić information content (AvgIpc) is 2.63. The highest BCUT2D eigenvalue weighted by molar-refractivity contribution is 7.92. The monoisotopic (exact) mass is 320 g/mol. The summed E-state index contributed by atoms with van der Waals surface area (Å²) in [6.45, 7) is 5.59. The Morgan fingerprint density at radius 2 is 1.95 bits per heavy atom. The van der Waals surface area contributed by atoms with Crippen molar-refractivity contribution in [3.63, 3.8) is 0 Å². The number of sulfone groups is 1. The molecule has 1 saturated heterocycles. The molecule has 1 fully saturated rings. The molecule has 0 saturated carbocycles. The minimum atomic E-state index is -3.10. The van der Waals surface area contributed by atoms with Gasteiger partial charge in [-0.3, -0.25) is 4.79 Å².